The van der Waals surface area contributed by atoms with Crippen molar-refractivity contribution in [3.63, 3.8) is 0 Å². The van der Waals surface area contributed by atoms with E-state index < -0.39 is 17.8 Å². The second-order valence-electron chi connectivity index (χ2n) is 3.53. The maximum absolute atomic E-state index is 13.5. The van der Waals surface area contributed by atoms with Gasteiger partial charge in [0.05, 0.1) is 13.2 Å². The summed E-state index contributed by atoms with van der Waals surface area (Å²) in [4.78, 5) is 3.75. The van der Waals surface area contributed by atoms with Gasteiger partial charge in [-0.05, 0) is 6.07 Å². The molecule has 0 saturated heterocycles. The van der Waals surface area contributed by atoms with Crippen LogP contribution in [0.2, 0.25) is 0 Å². The third-order valence-electron chi connectivity index (χ3n) is 2.54. The van der Waals surface area contributed by atoms with Crippen LogP contribution in [0, 0.1) is 5.82 Å². The number of aliphatic imine (C=N–C) groups is 1. The molecule has 0 spiro atoms. The van der Waals surface area contributed by atoms with Gasteiger partial charge in [0.25, 0.3) is 6.43 Å². The monoisotopic (exact) mass is 229 g/mol. The zero-order chi connectivity index (χ0) is 11.6. The van der Waals surface area contributed by atoms with E-state index >= 15 is 0 Å². The Morgan fingerprint density at radius 1 is 1.31 bits per heavy atom. The normalized spacial score (nSPS) is 25.0. The summed E-state index contributed by atoms with van der Waals surface area (Å²) in [5, 5.41) is 0. The first-order chi connectivity index (χ1) is 7.67. The molecule has 1 unspecified atom stereocenters. The van der Waals surface area contributed by atoms with Crippen LogP contribution in [0.3, 0.4) is 0 Å². The van der Waals surface area contributed by atoms with Gasteiger partial charge in [0, 0.05) is 11.8 Å². The largest absolute Gasteiger partial charge is 0.373 e. The van der Waals surface area contributed by atoms with Crippen molar-refractivity contribution in [2.45, 2.75) is 12.0 Å². The van der Waals surface area contributed by atoms with Gasteiger partial charge in [0.1, 0.15) is 5.82 Å². The van der Waals surface area contributed by atoms with Gasteiger partial charge in [-0.15, -0.1) is 0 Å². The number of rotatable bonds is 2. The molecule has 0 fully saturated rings. The Labute approximate surface area is 90.8 Å². The van der Waals surface area contributed by atoms with E-state index in [1.807, 2.05) is 0 Å². The molecule has 2 nitrogen and oxygen atoms in total. The van der Waals surface area contributed by atoms with Crippen molar-refractivity contribution in [2.24, 2.45) is 4.99 Å². The Morgan fingerprint density at radius 2 is 2.06 bits per heavy atom. The average molecular weight is 229 g/mol. The third kappa shape index (κ3) is 1.71. The zero-order valence-electron chi connectivity index (χ0n) is 8.37. The predicted octanol–water partition coefficient (Wildman–Crippen LogP) is 2.39. The smallest absolute Gasteiger partial charge is 0.269 e. The van der Waals surface area contributed by atoms with Crippen molar-refractivity contribution < 1.29 is 17.9 Å². The van der Waals surface area contributed by atoms with Crippen LogP contribution in [0.15, 0.2) is 29.3 Å². The zero-order valence-corrected chi connectivity index (χ0v) is 8.37. The van der Waals surface area contributed by atoms with Crippen LogP contribution in [-0.2, 0) is 10.3 Å². The molecule has 0 saturated carbocycles. The van der Waals surface area contributed by atoms with Crippen molar-refractivity contribution >= 4 is 6.21 Å². The minimum Gasteiger partial charge on any atom is -0.373 e. The van der Waals surface area contributed by atoms with Crippen LogP contribution >= 0.6 is 0 Å². The molecule has 2 rings (SSSR count). The van der Waals surface area contributed by atoms with Gasteiger partial charge in [0.2, 0.25) is 0 Å². The van der Waals surface area contributed by atoms with Crippen molar-refractivity contribution in [3.05, 3.63) is 35.6 Å². The molecule has 0 radical (unpaired) electrons. The molecule has 0 aliphatic carbocycles. The van der Waals surface area contributed by atoms with Gasteiger partial charge in [-0.3, -0.25) is 4.99 Å². The highest BCUT2D eigenvalue weighted by molar-refractivity contribution is 5.61. The number of benzene rings is 1. The fourth-order valence-corrected chi connectivity index (χ4v) is 1.70. The van der Waals surface area contributed by atoms with Crippen LogP contribution in [0.4, 0.5) is 13.2 Å². The number of hydrogen-bond acceptors (Lipinski definition) is 2. The van der Waals surface area contributed by atoms with E-state index in [1.54, 1.807) is 0 Å². The summed E-state index contributed by atoms with van der Waals surface area (Å²) in [6.45, 7) is -0.120. The van der Waals surface area contributed by atoms with Crippen LogP contribution < -0.4 is 0 Å². The highest BCUT2D eigenvalue weighted by Gasteiger charge is 2.44. The van der Waals surface area contributed by atoms with E-state index in [-0.39, 0.29) is 18.8 Å². The molecule has 86 valence electrons. The lowest BCUT2D eigenvalue weighted by Gasteiger charge is -2.31. The Bertz CT molecular complexity index is 408. The van der Waals surface area contributed by atoms with E-state index in [2.05, 4.69) is 4.99 Å². The topological polar surface area (TPSA) is 21.6 Å². The highest BCUT2D eigenvalue weighted by Crippen LogP contribution is 2.35. The average Bonchev–Trinajstić information content (AvgIpc) is 2.30. The quantitative estimate of drug-likeness (QED) is 0.763. The first-order valence-corrected chi connectivity index (χ1v) is 4.81. The molecule has 0 amide bonds. The van der Waals surface area contributed by atoms with Crippen LogP contribution in [-0.4, -0.2) is 25.9 Å². The minimum atomic E-state index is -2.80. The standard InChI is InChI=1S/C11H10F3NO/c12-9-4-2-1-3-8(9)11(10(13)14)7-16-6-5-15-11/h1-5,10H,6-7H2. The summed E-state index contributed by atoms with van der Waals surface area (Å²) < 4.78 is 44.6. The second kappa shape index (κ2) is 4.25. The fourth-order valence-electron chi connectivity index (χ4n) is 1.70. The fraction of sp³-hybridized carbons (Fsp3) is 0.364. The maximum Gasteiger partial charge on any atom is 0.269 e. The first kappa shape index (κ1) is 11.1. The van der Waals surface area contributed by atoms with E-state index in [9.17, 15) is 13.2 Å². The van der Waals surface area contributed by atoms with Crippen molar-refractivity contribution in [3.8, 4) is 0 Å². The SMILES string of the molecule is Fc1ccccc1C1(C(F)F)COCC=N1. The number of hydrogen-bond donors (Lipinski definition) is 0. The van der Waals surface area contributed by atoms with Gasteiger partial charge in [0.15, 0.2) is 5.54 Å². The Kier molecular flexibility index (Phi) is 2.96. The van der Waals surface area contributed by atoms with E-state index in [0.29, 0.717) is 0 Å². The number of halogens is 3. The van der Waals surface area contributed by atoms with Crippen molar-refractivity contribution in [2.75, 3.05) is 13.2 Å². The molecule has 1 aromatic carbocycles. The van der Waals surface area contributed by atoms with Crippen LogP contribution in [0.5, 0.6) is 0 Å². The lowest BCUT2D eigenvalue weighted by atomic mass is 9.90. The molecule has 0 aromatic heterocycles. The summed E-state index contributed by atoms with van der Waals surface area (Å²) in [7, 11) is 0. The van der Waals surface area contributed by atoms with Crippen molar-refractivity contribution in [1.82, 2.24) is 0 Å². The van der Waals surface area contributed by atoms with E-state index in [0.717, 1.165) is 6.07 Å². The number of alkyl halides is 2. The summed E-state index contributed by atoms with van der Waals surface area (Å²) in [6, 6.07) is 5.41. The summed E-state index contributed by atoms with van der Waals surface area (Å²) in [5.74, 6) is -0.689. The summed E-state index contributed by atoms with van der Waals surface area (Å²) in [6.07, 6.45) is -1.55. The molecular formula is C11H10F3NO. The number of ether oxygens (including phenoxy) is 1. The molecule has 5 heteroatoms. The van der Waals surface area contributed by atoms with Crippen LogP contribution in [0.25, 0.3) is 0 Å². The molecule has 1 heterocycles. The molecule has 0 N–H and O–H groups in total. The molecule has 1 aliphatic heterocycles. The third-order valence-corrected chi connectivity index (χ3v) is 2.54. The molecule has 0 bridgehead atoms. The Balaban J connectivity index is 2.52. The van der Waals surface area contributed by atoms with E-state index in [4.69, 9.17) is 4.74 Å². The Morgan fingerprint density at radius 3 is 2.62 bits per heavy atom. The summed E-state index contributed by atoms with van der Waals surface area (Å²) in [5.41, 5.74) is -2.02. The van der Waals surface area contributed by atoms with Gasteiger partial charge in [-0.25, -0.2) is 13.2 Å². The molecule has 1 aromatic rings. The minimum absolute atomic E-state index is 0.124. The first-order valence-electron chi connectivity index (χ1n) is 4.81. The lowest BCUT2D eigenvalue weighted by molar-refractivity contribution is -0.0127. The second-order valence-corrected chi connectivity index (χ2v) is 3.53. The van der Waals surface area contributed by atoms with Gasteiger partial charge in [-0.1, -0.05) is 18.2 Å². The molecule has 16 heavy (non-hydrogen) atoms. The Hall–Kier alpha value is -1.36. The van der Waals surface area contributed by atoms with E-state index in [1.165, 1.54) is 24.4 Å². The lowest BCUT2D eigenvalue weighted by Crippen LogP contribution is -2.41. The van der Waals surface area contributed by atoms with Gasteiger partial charge >= 0.3 is 0 Å². The summed E-state index contributed by atoms with van der Waals surface area (Å²) >= 11 is 0. The predicted molar refractivity (Wildman–Crippen MR) is 53.4 cm³/mol. The molecular weight excluding hydrogens is 219 g/mol. The van der Waals surface area contributed by atoms with Crippen LogP contribution in [0.1, 0.15) is 5.56 Å². The highest BCUT2D eigenvalue weighted by atomic mass is 19.3. The van der Waals surface area contributed by atoms with Crippen molar-refractivity contribution in [1.29, 1.82) is 0 Å². The molecule has 1 atom stereocenters. The van der Waals surface area contributed by atoms with Gasteiger partial charge in [-0.2, -0.15) is 0 Å². The maximum atomic E-state index is 13.5. The molecule has 1 aliphatic rings. The number of nitrogens with zero attached hydrogens (tertiary/aromatic N) is 1. The van der Waals surface area contributed by atoms with Gasteiger partial charge < -0.3 is 4.74 Å².